The van der Waals surface area contributed by atoms with E-state index < -0.39 is 11.0 Å². The van der Waals surface area contributed by atoms with E-state index in [1.165, 1.54) is 30.4 Å². The predicted molar refractivity (Wildman–Crippen MR) is 99.8 cm³/mol. The monoisotopic (exact) mass is 355 g/mol. The minimum Gasteiger partial charge on any atom is -0.496 e. The molecule has 26 heavy (non-hydrogen) atoms. The maximum Gasteiger partial charge on any atom is 0.296 e. The van der Waals surface area contributed by atoms with Crippen LogP contribution in [-0.2, 0) is 17.6 Å². The van der Waals surface area contributed by atoms with Gasteiger partial charge in [-0.2, -0.15) is 0 Å². The molecule has 0 spiro atoms. The van der Waals surface area contributed by atoms with Gasteiger partial charge in [0.1, 0.15) is 17.5 Å². The summed E-state index contributed by atoms with van der Waals surface area (Å²) in [4.78, 5) is 23.1. The van der Waals surface area contributed by atoms with Gasteiger partial charge in [0.2, 0.25) is 5.91 Å². The molecule has 7 heteroatoms. The molecule has 0 heterocycles. The fourth-order valence-electron chi connectivity index (χ4n) is 3.11. The molecule has 1 aliphatic rings. The van der Waals surface area contributed by atoms with Crippen LogP contribution < -0.4 is 15.4 Å². The van der Waals surface area contributed by atoms with E-state index >= 15 is 0 Å². The molecule has 2 aromatic carbocycles. The van der Waals surface area contributed by atoms with Gasteiger partial charge in [-0.3, -0.25) is 14.9 Å². The van der Waals surface area contributed by atoms with Crippen LogP contribution in [0.1, 0.15) is 24.5 Å². The zero-order valence-electron chi connectivity index (χ0n) is 14.7. The number of nitro benzene ring substituents is 1. The Morgan fingerprint density at radius 2 is 1.96 bits per heavy atom. The highest BCUT2D eigenvalue weighted by molar-refractivity contribution is 5.98. The number of carbonyl (C=O) groups excluding carboxylic acids is 1. The van der Waals surface area contributed by atoms with Crippen molar-refractivity contribution in [2.75, 3.05) is 17.7 Å². The largest absolute Gasteiger partial charge is 0.496 e. The van der Waals surface area contributed by atoms with Crippen LogP contribution in [0.3, 0.4) is 0 Å². The Labute approximate surface area is 151 Å². The molecule has 2 aromatic rings. The van der Waals surface area contributed by atoms with E-state index in [0.717, 1.165) is 24.9 Å². The maximum absolute atomic E-state index is 12.5. The van der Waals surface area contributed by atoms with Crippen molar-refractivity contribution in [3.63, 3.8) is 0 Å². The van der Waals surface area contributed by atoms with Crippen LogP contribution in [-0.4, -0.2) is 24.0 Å². The number of methoxy groups -OCH3 is 1. The molecule has 3 rings (SSSR count). The first-order chi connectivity index (χ1) is 12.5. The molecule has 0 aliphatic heterocycles. The molecule has 136 valence electrons. The van der Waals surface area contributed by atoms with E-state index in [4.69, 9.17) is 4.74 Å². The number of anilines is 2. The van der Waals surface area contributed by atoms with Gasteiger partial charge in [-0.25, -0.2) is 0 Å². The highest BCUT2D eigenvalue weighted by atomic mass is 16.6. The lowest BCUT2D eigenvalue weighted by Gasteiger charge is -2.16. The van der Waals surface area contributed by atoms with Gasteiger partial charge in [-0.15, -0.1) is 0 Å². The lowest BCUT2D eigenvalue weighted by Crippen LogP contribution is -2.32. The minimum absolute atomic E-state index is 0.142. The number of hydrogen-bond acceptors (Lipinski definition) is 5. The SMILES string of the molecule is COc1ccc(NC(=O)[C@H](C)Nc2ccc3c(c2)CCC3)c([N+](=O)[O-])c1. The van der Waals surface area contributed by atoms with Gasteiger partial charge < -0.3 is 15.4 Å². The standard InChI is InChI=1S/C19H21N3O4/c1-12(20-15-7-6-13-4-3-5-14(13)10-15)19(23)21-17-9-8-16(26-2)11-18(17)22(24)25/h6-12,20H,3-5H2,1-2H3,(H,21,23)/t12-/m0/s1. The number of rotatable bonds is 6. The van der Waals surface area contributed by atoms with Crippen LogP contribution in [0.4, 0.5) is 17.1 Å². The van der Waals surface area contributed by atoms with Gasteiger partial charge in [0.05, 0.1) is 18.1 Å². The highest BCUT2D eigenvalue weighted by Crippen LogP contribution is 2.29. The lowest BCUT2D eigenvalue weighted by molar-refractivity contribution is -0.384. The van der Waals surface area contributed by atoms with Crippen molar-refractivity contribution in [3.05, 3.63) is 57.6 Å². The van der Waals surface area contributed by atoms with Gasteiger partial charge in [-0.05, 0) is 61.6 Å². The van der Waals surface area contributed by atoms with Gasteiger partial charge in [-0.1, -0.05) is 6.07 Å². The van der Waals surface area contributed by atoms with Crippen LogP contribution in [0.15, 0.2) is 36.4 Å². The molecule has 0 saturated heterocycles. The fraction of sp³-hybridized carbons (Fsp3) is 0.316. The van der Waals surface area contributed by atoms with Crippen LogP contribution in [0, 0.1) is 10.1 Å². The Morgan fingerprint density at radius 1 is 1.19 bits per heavy atom. The molecule has 7 nitrogen and oxygen atoms in total. The number of fused-ring (bicyclic) bond motifs is 1. The van der Waals surface area contributed by atoms with Gasteiger partial charge >= 0.3 is 0 Å². The van der Waals surface area contributed by atoms with E-state index in [1.807, 2.05) is 6.07 Å². The van der Waals surface area contributed by atoms with E-state index in [9.17, 15) is 14.9 Å². The summed E-state index contributed by atoms with van der Waals surface area (Å²) in [5.41, 5.74) is 3.48. The van der Waals surface area contributed by atoms with E-state index in [-0.39, 0.29) is 17.3 Å². The number of benzene rings is 2. The normalized spacial score (nSPS) is 13.6. The molecule has 2 N–H and O–H groups in total. The second kappa shape index (κ2) is 7.43. The molecule has 0 radical (unpaired) electrons. The number of nitrogens with zero attached hydrogens (tertiary/aromatic N) is 1. The summed E-state index contributed by atoms with van der Waals surface area (Å²) in [6.07, 6.45) is 3.33. The first-order valence-corrected chi connectivity index (χ1v) is 8.49. The first kappa shape index (κ1) is 17.7. The lowest BCUT2D eigenvalue weighted by atomic mass is 10.1. The maximum atomic E-state index is 12.5. The van der Waals surface area contributed by atoms with E-state index in [1.54, 1.807) is 13.0 Å². The molecule has 0 fully saturated rings. The summed E-state index contributed by atoms with van der Waals surface area (Å²) in [7, 11) is 1.43. The summed E-state index contributed by atoms with van der Waals surface area (Å²) < 4.78 is 5.00. The van der Waals surface area contributed by atoms with Crippen LogP contribution in [0.5, 0.6) is 5.75 Å². The quantitative estimate of drug-likeness (QED) is 0.611. The topological polar surface area (TPSA) is 93.5 Å². The zero-order chi connectivity index (χ0) is 18.7. The summed E-state index contributed by atoms with van der Waals surface area (Å²) in [5.74, 6) is 0.0118. The molecule has 1 amide bonds. The van der Waals surface area contributed by atoms with Crippen molar-refractivity contribution >= 4 is 23.0 Å². The highest BCUT2D eigenvalue weighted by Gasteiger charge is 2.20. The molecular weight excluding hydrogens is 334 g/mol. The Balaban J connectivity index is 1.70. The average Bonchev–Trinajstić information content (AvgIpc) is 3.09. The van der Waals surface area contributed by atoms with E-state index in [2.05, 4.69) is 22.8 Å². The fourth-order valence-corrected chi connectivity index (χ4v) is 3.11. The van der Waals surface area contributed by atoms with Crippen molar-refractivity contribution in [1.29, 1.82) is 0 Å². The third-order valence-electron chi connectivity index (χ3n) is 4.53. The second-order valence-corrected chi connectivity index (χ2v) is 6.33. The Bertz CT molecular complexity index is 851. The van der Waals surface area contributed by atoms with Crippen LogP contribution in [0.2, 0.25) is 0 Å². The minimum atomic E-state index is -0.545. The molecule has 1 aliphatic carbocycles. The summed E-state index contributed by atoms with van der Waals surface area (Å²) in [6.45, 7) is 1.72. The Morgan fingerprint density at radius 3 is 2.69 bits per heavy atom. The number of nitro groups is 1. The van der Waals surface area contributed by atoms with Crippen molar-refractivity contribution in [2.45, 2.75) is 32.2 Å². The summed E-state index contributed by atoms with van der Waals surface area (Å²) in [5, 5.41) is 17.0. The predicted octanol–water partition coefficient (Wildman–Crippen LogP) is 3.53. The molecule has 0 bridgehead atoms. The van der Waals surface area contributed by atoms with Crippen molar-refractivity contribution in [2.24, 2.45) is 0 Å². The van der Waals surface area contributed by atoms with Crippen molar-refractivity contribution < 1.29 is 14.5 Å². The molecule has 0 saturated carbocycles. The smallest absolute Gasteiger partial charge is 0.296 e. The third kappa shape index (κ3) is 3.77. The van der Waals surface area contributed by atoms with Crippen molar-refractivity contribution in [3.8, 4) is 5.75 Å². The van der Waals surface area contributed by atoms with Crippen molar-refractivity contribution in [1.82, 2.24) is 0 Å². The number of aryl methyl sites for hydroxylation is 2. The van der Waals surface area contributed by atoms with Gasteiger partial charge in [0.25, 0.3) is 5.69 Å². The number of amides is 1. The third-order valence-corrected chi connectivity index (χ3v) is 4.53. The van der Waals surface area contributed by atoms with Gasteiger partial charge in [0.15, 0.2) is 0 Å². The number of nitrogens with one attached hydrogen (secondary N) is 2. The van der Waals surface area contributed by atoms with Crippen LogP contribution in [0.25, 0.3) is 0 Å². The number of ether oxygens (including phenoxy) is 1. The van der Waals surface area contributed by atoms with E-state index in [0.29, 0.717) is 5.75 Å². The molecule has 0 aromatic heterocycles. The zero-order valence-corrected chi connectivity index (χ0v) is 14.7. The Kier molecular flexibility index (Phi) is 5.06. The second-order valence-electron chi connectivity index (χ2n) is 6.33. The van der Waals surface area contributed by atoms with Crippen LogP contribution >= 0.6 is 0 Å². The number of hydrogen-bond donors (Lipinski definition) is 2. The number of carbonyl (C=O) groups is 1. The summed E-state index contributed by atoms with van der Waals surface area (Å²) >= 11 is 0. The Hall–Kier alpha value is -3.09. The molecule has 0 unspecified atom stereocenters. The molecular formula is C19H21N3O4. The first-order valence-electron chi connectivity index (χ1n) is 8.49. The molecule has 1 atom stereocenters. The van der Waals surface area contributed by atoms with Gasteiger partial charge in [0, 0.05) is 5.69 Å². The summed E-state index contributed by atoms with van der Waals surface area (Å²) in [6, 6.07) is 9.90. The average molecular weight is 355 g/mol.